The molecule has 0 radical (unpaired) electrons. The molecule has 0 aliphatic heterocycles. The zero-order valence-corrected chi connectivity index (χ0v) is 9.34. The van der Waals surface area contributed by atoms with Crippen LogP contribution in [0.15, 0.2) is 40.9 Å². The van der Waals surface area contributed by atoms with Crippen LogP contribution in [0.2, 0.25) is 0 Å². The number of aromatic nitrogens is 2. The van der Waals surface area contributed by atoms with Gasteiger partial charge in [0, 0.05) is 23.6 Å². The molecule has 0 fully saturated rings. The molecule has 0 saturated heterocycles. The van der Waals surface area contributed by atoms with Crippen molar-refractivity contribution in [2.45, 2.75) is 6.92 Å². The van der Waals surface area contributed by atoms with E-state index in [-0.39, 0.29) is 0 Å². The Morgan fingerprint density at radius 2 is 2.12 bits per heavy atom. The number of nitrogens with two attached hydrogens (primary N) is 1. The molecule has 4 heteroatoms. The van der Waals surface area contributed by atoms with E-state index in [1.54, 1.807) is 12.3 Å². The molecule has 0 bridgehead atoms. The second kappa shape index (κ2) is 3.59. The lowest BCUT2D eigenvalue weighted by Crippen LogP contribution is -1.85. The van der Waals surface area contributed by atoms with Crippen LogP contribution in [-0.4, -0.2) is 9.97 Å². The molecule has 1 aromatic carbocycles. The molecule has 0 aliphatic carbocycles. The minimum absolute atomic E-state index is 0.580. The summed E-state index contributed by atoms with van der Waals surface area (Å²) in [6, 6.07) is 9.24. The molecular formula is C13H11N3O. The lowest BCUT2D eigenvalue weighted by molar-refractivity contribution is 0.619. The van der Waals surface area contributed by atoms with Gasteiger partial charge in [0.25, 0.3) is 0 Å². The van der Waals surface area contributed by atoms with Crippen molar-refractivity contribution in [2.75, 3.05) is 5.73 Å². The summed E-state index contributed by atoms with van der Waals surface area (Å²) in [5, 5.41) is 0. The third-order valence-electron chi connectivity index (χ3n) is 2.65. The summed E-state index contributed by atoms with van der Waals surface area (Å²) in [5.74, 6) is 0.580. The van der Waals surface area contributed by atoms with E-state index < -0.39 is 0 Å². The Bertz CT molecular complexity index is 688. The molecular weight excluding hydrogens is 214 g/mol. The van der Waals surface area contributed by atoms with Gasteiger partial charge in [0.1, 0.15) is 5.52 Å². The van der Waals surface area contributed by atoms with Crippen molar-refractivity contribution < 1.29 is 4.42 Å². The van der Waals surface area contributed by atoms with Crippen LogP contribution in [0, 0.1) is 6.92 Å². The first kappa shape index (κ1) is 9.84. The van der Waals surface area contributed by atoms with Gasteiger partial charge in [0.05, 0.1) is 5.56 Å². The molecule has 3 rings (SSSR count). The van der Waals surface area contributed by atoms with Crippen molar-refractivity contribution in [3.05, 3.63) is 42.2 Å². The highest BCUT2D eigenvalue weighted by Crippen LogP contribution is 2.26. The van der Waals surface area contributed by atoms with E-state index in [1.807, 2.05) is 31.2 Å². The fraction of sp³-hybridized carbons (Fsp3) is 0.0769. The lowest BCUT2D eigenvalue weighted by Gasteiger charge is -1.97. The van der Waals surface area contributed by atoms with E-state index in [0.29, 0.717) is 17.2 Å². The molecule has 0 amide bonds. The third-order valence-corrected chi connectivity index (χ3v) is 2.65. The number of anilines is 1. The number of pyridine rings is 1. The maximum atomic E-state index is 5.70. The minimum Gasteiger partial charge on any atom is -0.436 e. The summed E-state index contributed by atoms with van der Waals surface area (Å²) < 4.78 is 5.68. The number of nitrogen functional groups attached to an aromatic ring is 1. The molecule has 2 aromatic heterocycles. The number of hydrogen-bond acceptors (Lipinski definition) is 4. The topological polar surface area (TPSA) is 64.9 Å². The molecule has 2 N–H and O–H groups in total. The summed E-state index contributed by atoms with van der Waals surface area (Å²) in [5.41, 5.74) is 9.67. The van der Waals surface area contributed by atoms with Gasteiger partial charge >= 0.3 is 0 Å². The van der Waals surface area contributed by atoms with Gasteiger partial charge in [0.15, 0.2) is 5.58 Å². The smallest absolute Gasteiger partial charge is 0.229 e. The van der Waals surface area contributed by atoms with E-state index in [0.717, 1.165) is 16.8 Å². The van der Waals surface area contributed by atoms with E-state index in [9.17, 15) is 0 Å². The van der Waals surface area contributed by atoms with Crippen LogP contribution < -0.4 is 5.73 Å². The molecule has 0 atom stereocenters. The van der Waals surface area contributed by atoms with Gasteiger partial charge in [-0.05, 0) is 31.2 Å². The molecule has 84 valence electrons. The number of hydrogen-bond donors (Lipinski definition) is 1. The Morgan fingerprint density at radius 1 is 1.24 bits per heavy atom. The van der Waals surface area contributed by atoms with Gasteiger partial charge in [-0.3, -0.25) is 4.98 Å². The number of rotatable bonds is 1. The Morgan fingerprint density at radius 3 is 2.94 bits per heavy atom. The van der Waals surface area contributed by atoms with Gasteiger partial charge in [-0.1, -0.05) is 0 Å². The molecule has 0 unspecified atom stereocenters. The van der Waals surface area contributed by atoms with Gasteiger partial charge in [-0.25, -0.2) is 4.98 Å². The molecule has 0 saturated carbocycles. The van der Waals surface area contributed by atoms with Crippen molar-refractivity contribution in [2.24, 2.45) is 0 Å². The van der Waals surface area contributed by atoms with Crippen molar-refractivity contribution in [3.8, 4) is 11.5 Å². The largest absolute Gasteiger partial charge is 0.436 e. The van der Waals surface area contributed by atoms with Crippen LogP contribution in [0.5, 0.6) is 0 Å². The maximum Gasteiger partial charge on any atom is 0.229 e. The van der Waals surface area contributed by atoms with E-state index >= 15 is 0 Å². The Kier molecular flexibility index (Phi) is 2.08. The highest BCUT2D eigenvalue weighted by molar-refractivity contribution is 5.79. The van der Waals surface area contributed by atoms with Gasteiger partial charge in [-0.15, -0.1) is 0 Å². The zero-order valence-electron chi connectivity index (χ0n) is 9.34. The molecule has 0 aliphatic rings. The number of fused-ring (bicyclic) bond motifs is 1. The van der Waals surface area contributed by atoms with E-state index in [1.165, 1.54) is 0 Å². The average Bonchev–Trinajstić information content (AvgIpc) is 2.72. The summed E-state index contributed by atoms with van der Waals surface area (Å²) >= 11 is 0. The fourth-order valence-electron chi connectivity index (χ4n) is 1.77. The van der Waals surface area contributed by atoms with E-state index in [2.05, 4.69) is 9.97 Å². The molecule has 4 nitrogen and oxygen atoms in total. The summed E-state index contributed by atoms with van der Waals surface area (Å²) in [4.78, 5) is 8.64. The summed E-state index contributed by atoms with van der Waals surface area (Å²) in [6.07, 6.45) is 1.75. The Hall–Kier alpha value is -2.36. The molecule has 2 heterocycles. The average molecular weight is 225 g/mol. The van der Waals surface area contributed by atoms with E-state index in [4.69, 9.17) is 10.2 Å². The SMILES string of the molecule is Cc1ncccc1-c1nc2ccc(N)cc2o1. The van der Waals surface area contributed by atoms with Crippen LogP contribution in [0.25, 0.3) is 22.6 Å². The van der Waals surface area contributed by atoms with Crippen molar-refractivity contribution in [3.63, 3.8) is 0 Å². The predicted octanol–water partition coefficient (Wildman–Crippen LogP) is 2.78. The summed E-state index contributed by atoms with van der Waals surface area (Å²) in [7, 11) is 0. The van der Waals surface area contributed by atoms with Crippen molar-refractivity contribution in [1.82, 2.24) is 9.97 Å². The maximum absolute atomic E-state index is 5.70. The number of nitrogens with zero attached hydrogens (tertiary/aromatic N) is 2. The summed E-state index contributed by atoms with van der Waals surface area (Å²) in [6.45, 7) is 1.93. The molecule has 3 aromatic rings. The number of benzene rings is 1. The second-order valence-corrected chi connectivity index (χ2v) is 3.88. The van der Waals surface area contributed by atoms with Crippen LogP contribution in [0.1, 0.15) is 5.69 Å². The fourth-order valence-corrected chi connectivity index (χ4v) is 1.77. The quantitative estimate of drug-likeness (QED) is 0.647. The second-order valence-electron chi connectivity index (χ2n) is 3.88. The predicted molar refractivity (Wildman–Crippen MR) is 66.4 cm³/mol. The monoisotopic (exact) mass is 225 g/mol. The van der Waals surface area contributed by atoms with Crippen molar-refractivity contribution >= 4 is 16.8 Å². The van der Waals surface area contributed by atoms with Crippen LogP contribution in [0.4, 0.5) is 5.69 Å². The molecule has 17 heavy (non-hydrogen) atoms. The van der Waals surface area contributed by atoms with Crippen LogP contribution >= 0.6 is 0 Å². The first-order valence-electron chi connectivity index (χ1n) is 5.32. The van der Waals surface area contributed by atoms with Crippen molar-refractivity contribution in [1.29, 1.82) is 0 Å². The third kappa shape index (κ3) is 1.63. The highest BCUT2D eigenvalue weighted by Gasteiger charge is 2.10. The highest BCUT2D eigenvalue weighted by atomic mass is 16.3. The number of oxazole rings is 1. The number of aryl methyl sites for hydroxylation is 1. The molecule has 0 spiro atoms. The van der Waals surface area contributed by atoms with Crippen LogP contribution in [0.3, 0.4) is 0 Å². The lowest BCUT2D eigenvalue weighted by atomic mass is 10.2. The Labute approximate surface area is 98.1 Å². The van der Waals surface area contributed by atoms with Crippen LogP contribution in [-0.2, 0) is 0 Å². The standard InChI is InChI=1S/C13H11N3O/c1-8-10(3-2-6-15-8)13-16-11-5-4-9(14)7-12(11)17-13/h2-7H,14H2,1H3. The normalized spacial score (nSPS) is 10.9. The van der Waals surface area contributed by atoms with Gasteiger partial charge in [-0.2, -0.15) is 0 Å². The van der Waals surface area contributed by atoms with Gasteiger partial charge < -0.3 is 10.2 Å². The minimum atomic E-state index is 0.580. The Balaban J connectivity index is 2.22. The first-order chi connectivity index (χ1) is 8.24. The van der Waals surface area contributed by atoms with Gasteiger partial charge in [0.2, 0.25) is 5.89 Å². The zero-order chi connectivity index (χ0) is 11.8. The first-order valence-corrected chi connectivity index (χ1v) is 5.32.